The number of carbonyl (C=O) groups excluding carboxylic acids is 2. The molecule has 5 heteroatoms. The summed E-state index contributed by atoms with van der Waals surface area (Å²) in [6, 6.07) is 23.2. The van der Waals surface area contributed by atoms with Crippen LogP contribution in [-0.4, -0.2) is 41.4 Å². The number of rotatable bonds is 9. The normalized spacial score (nSPS) is 12.2. The molecule has 0 bridgehead atoms. The average molecular weight is 447 g/mol. The lowest BCUT2D eigenvalue weighted by Gasteiger charge is -2.33. The van der Waals surface area contributed by atoms with E-state index < -0.39 is 6.04 Å². The maximum absolute atomic E-state index is 13.4. The molecule has 3 aromatic rings. The number of hydrogen-bond donors (Lipinski definition) is 1. The Labute approximate surface area is 196 Å². The zero-order valence-corrected chi connectivity index (χ0v) is 20.0. The Kier molecular flexibility index (Phi) is 8.10. The smallest absolute Gasteiger partial charge is 0.261 e. The molecule has 3 rings (SSSR count). The zero-order valence-electron chi connectivity index (χ0n) is 20.0. The van der Waals surface area contributed by atoms with E-state index in [9.17, 15) is 9.59 Å². The Hall–Kier alpha value is -3.34. The Balaban J connectivity index is 1.78. The van der Waals surface area contributed by atoms with Crippen LogP contribution in [0, 0.1) is 0 Å². The molecule has 0 saturated heterocycles. The van der Waals surface area contributed by atoms with E-state index in [1.54, 1.807) is 4.90 Å². The number of carbonyl (C=O) groups is 2. The summed E-state index contributed by atoms with van der Waals surface area (Å²) in [7, 11) is 0. The van der Waals surface area contributed by atoms with E-state index in [2.05, 4.69) is 5.32 Å². The molecule has 5 nitrogen and oxygen atoms in total. The molecular formula is C28H34N2O3. The van der Waals surface area contributed by atoms with Gasteiger partial charge in [-0.2, -0.15) is 0 Å². The van der Waals surface area contributed by atoms with Gasteiger partial charge in [-0.25, -0.2) is 0 Å². The maximum Gasteiger partial charge on any atom is 0.261 e. The van der Waals surface area contributed by atoms with Crippen LogP contribution in [0.25, 0.3) is 10.8 Å². The topological polar surface area (TPSA) is 58.6 Å². The quantitative estimate of drug-likeness (QED) is 0.504. The van der Waals surface area contributed by atoms with Crippen LogP contribution in [-0.2, 0) is 16.0 Å². The summed E-state index contributed by atoms with van der Waals surface area (Å²) >= 11 is 0. The van der Waals surface area contributed by atoms with Gasteiger partial charge in [-0.05, 0) is 50.6 Å². The minimum atomic E-state index is -0.559. The fraction of sp³-hybridized carbons (Fsp3) is 0.357. The highest BCUT2D eigenvalue weighted by Crippen LogP contribution is 2.25. The van der Waals surface area contributed by atoms with E-state index in [4.69, 9.17) is 4.74 Å². The molecule has 0 spiro atoms. The van der Waals surface area contributed by atoms with E-state index in [1.807, 2.05) is 100 Å². The van der Waals surface area contributed by atoms with Crippen LogP contribution in [0.15, 0.2) is 72.8 Å². The SMILES string of the molecule is CCC(C(=O)NC(C)(C)C)N(CCc1ccccc1)C(=O)COc1cccc2ccccc12. The number of nitrogens with zero attached hydrogens (tertiary/aromatic N) is 1. The number of benzene rings is 3. The van der Waals surface area contributed by atoms with Gasteiger partial charge in [0.1, 0.15) is 11.8 Å². The van der Waals surface area contributed by atoms with Gasteiger partial charge in [0.15, 0.2) is 6.61 Å². The summed E-state index contributed by atoms with van der Waals surface area (Å²) in [6.07, 6.45) is 1.19. The molecule has 0 aliphatic carbocycles. The molecule has 0 aliphatic heterocycles. The van der Waals surface area contributed by atoms with E-state index in [1.165, 1.54) is 0 Å². The van der Waals surface area contributed by atoms with Crippen molar-refractivity contribution in [3.05, 3.63) is 78.4 Å². The fourth-order valence-electron chi connectivity index (χ4n) is 3.89. The Morgan fingerprint density at radius 2 is 1.61 bits per heavy atom. The number of amides is 2. The first-order chi connectivity index (χ1) is 15.8. The molecule has 0 radical (unpaired) electrons. The van der Waals surface area contributed by atoms with Gasteiger partial charge >= 0.3 is 0 Å². The van der Waals surface area contributed by atoms with Gasteiger partial charge in [-0.3, -0.25) is 9.59 Å². The van der Waals surface area contributed by atoms with E-state index in [0.29, 0.717) is 25.1 Å². The Morgan fingerprint density at radius 3 is 2.30 bits per heavy atom. The fourth-order valence-corrected chi connectivity index (χ4v) is 3.89. The molecule has 1 unspecified atom stereocenters. The molecule has 0 aromatic heterocycles. The van der Waals surface area contributed by atoms with Crippen molar-refractivity contribution >= 4 is 22.6 Å². The summed E-state index contributed by atoms with van der Waals surface area (Å²) < 4.78 is 5.97. The van der Waals surface area contributed by atoms with E-state index in [0.717, 1.165) is 16.3 Å². The highest BCUT2D eigenvalue weighted by Gasteiger charge is 2.30. The Bertz CT molecular complexity index is 1070. The minimum Gasteiger partial charge on any atom is -0.483 e. The first-order valence-corrected chi connectivity index (χ1v) is 11.5. The maximum atomic E-state index is 13.4. The van der Waals surface area contributed by atoms with Crippen LogP contribution < -0.4 is 10.1 Å². The predicted octanol–water partition coefficient (Wildman–Crippen LogP) is 4.98. The first-order valence-electron chi connectivity index (χ1n) is 11.5. The Morgan fingerprint density at radius 1 is 0.939 bits per heavy atom. The highest BCUT2D eigenvalue weighted by molar-refractivity contribution is 5.90. The van der Waals surface area contributed by atoms with Crippen molar-refractivity contribution in [2.75, 3.05) is 13.2 Å². The standard InChI is InChI=1S/C28H34N2O3/c1-5-24(27(32)29-28(2,3)4)30(19-18-21-12-7-6-8-13-21)26(31)20-33-25-17-11-15-22-14-9-10-16-23(22)25/h6-17,24H,5,18-20H2,1-4H3,(H,29,32). The largest absolute Gasteiger partial charge is 0.483 e. The van der Waals surface area contributed by atoms with Gasteiger partial charge in [0.25, 0.3) is 5.91 Å². The van der Waals surface area contributed by atoms with Crippen LogP contribution in [0.1, 0.15) is 39.7 Å². The minimum absolute atomic E-state index is 0.123. The van der Waals surface area contributed by atoms with Crippen LogP contribution >= 0.6 is 0 Å². The summed E-state index contributed by atoms with van der Waals surface area (Å²) in [5.41, 5.74) is 0.745. The van der Waals surface area contributed by atoms with Gasteiger partial charge in [-0.1, -0.05) is 73.7 Å². The van der Waals surface area contributed by atoms with Crippen molar-refractivity contribution in [1.29, 1.82) is 0 Å². The number of hydrogen-bond acceptors (Lipinski definition) is 3. The average Bonchev–Trinajstić information content (AvgIpc) is 2.79. The van der Waals surface area contributed by atoms with Crippen LogP contribution in [0.3, 0.4) is 0 Å². The van der Waals surface area contributed by atoms with Crippen LogP contribution in [0.5, 0.6) is 5.75 Å². The summed E-state index contributed by atoms with van der Waals surface area (Å²) in [4.78, 5) is 28.1. The molecule has 174 valence electrons. The third-order valence-electron chi connectivity index (χ3n) is 5.47. The molecule has 0 saturated carbocycles. The van der Waals surface area contributed by atoms with Crippen molar-refractivity contribution in [2.45, 2.75) is 52.1 Å². The van der Waals surface area contributed by atoms with Gasteiger partial charge in [-0.15, -0.1) is 0 Å². The molecule has 33 heavy (non-hydrogen) atoms. The number of nitrogens with one attached hydrogen (secondary N) is 1. The molecule has 3 aromatic carbocycles. The van der Waals surface area contributed by atoms with Crippen molar-refractivity contribution in [3.8, 4) is 5.75 Å². The molecular weight excluding hydrogens is 412 g/mol. The summed E-state index contributed by atoms with van der Waals surface area (Å²) in [6.45, 7) is 8.08. The molecule has 0 fully saturated rings. The van der Waals surface area contributed by atoms with Gasteiger partial charge in [0.2, 0.25) is 5.91 Å². The second kappa shape index (κ2) is 11.0. The third-order valence-corrected chi connectivity index (χ3v) is 5.47. The molecule has 2 amide bonds. The van der Waals surface area contributed by atoms with Crippen LogP contribution in [0.4, 0.5) is 0 Å². The molecule has 1 N–H and O–H groups in total. The van der Waals surface area contributed by atoms with Gasteiger partial charge in [0.05, 0.1) is 0 Å². The lowest BCUT2D eigenvalue weighted by atomic mass is 10.1. The number of fused-ring (bicyclic) bond motifs is 1. The van der Waals surface area contributed by atoms with Gasteiger partial charge < -0.3 is 15.0 Å². The van der Waals surface area contributed by atoms with Crippen LogP contribution in [0.2, 0.25) is 0 Å². The summed E-state index contributed by atoms with van der Waals surface area (Å²) in [5, 5.41) is 5.04. The number of ether oxygens (including phenoxy) is 1. The molecule has 1 atom stereocenters. The first kappa shape index (κ1) is 24.3. The second-order valence-electron chi connectivity index (χ2n) is 9.25. The van der Waals surface area contributed by atoms with Gasteiger partial charge in [0, 0.05) is 17.5 Å². The summed E-state index contributed by atoms with van der Waals surface area (Å²) in [5.74, 6) is 0.322. The molecule has 0 heterocycles. The van der Waals surface area contributed by atoms with Crippen molar-refractivity contribution in [2.24, 2.45) is 0 Å². The van der Waals surface area contributed by atoms with Crippen molar-refractivity contribution < 1.29 is 14.3 Å². The predicted molar refractivity (Wildman–Crippen MR) is 133 cm³/mol. The highest BCUT2D eigenvalue weighted by atomic mass is 16.5. The second-order valence-corrected chi connectivity index (χ2v) is 9.25. The lowest BCUT2D eigenvalue weighted by Crippen LogP contribution is -2.54. The van der Waals surface area contributed by atoms with Crippen molar-refractivity contribution in [3.63, 3.8) is 0 Å². The monoisotopic (exact) mass is 446 g/mol. The lowest BCUT2D eigenvalue weighted by molar-refractivity contribution is -0.142. The third kappa shape index (κ3) is 6.82. The van der Waals surface area contributed by atoms with Crippen molar-refractivity contribution in [1.82, 2.24) is 10.2 Å². The zero-order chi connectivity index (χ0) is 23.8. The van der Waals surface area contributed by atoms with E-state index in [-0.39, 0.29) is 24.0 Å². The van der Waals surface area contributed by atoms with E-state index >= 15 is 0 Å². The molecule has 0 aliphatic rings.